The maximum atomic E-state index is 13.1. The summed E-state index contributed by atoms with van der Waals surface area (Å²) in [7, 11) is 5.65. The van der Waals surface area contributed by atoms with Crippen molar-refractivity contribution in [3.8, 4) is 17.1 Å². The Kier molecular flexibility index (Phi) is 6.08. The number of methoxy groups -OCH3 is 1. The van der Waals surface area contributed by atoms with Crippen molar-refractivity contribution in [3.63, 3.8) is 0 Å². The van der Waals surface area contributed by atoms with E-state index >= 15 is 0 Å². The van der Waals surface area contributed by atoms with Gasteiger partial charge in [-0.15, -0.1) is 0 Å². The molecule has 4 N–H and O–H groups in total. The third-order valence-corrected chi connectivity index (χ3v) is 6.48. The summed E-state index contributed by atoms with van der Waals surface area (Å²) in [6.45, 7) is 0. The molecule has 0 radical (unpaired) electrons. The van der Waals surface area contributed by atoms with Gasteiger partial charge in [-0.25, -0.2) is 9.97 Å². The average Bonchev–Trinajstić information content (AvgIpc) is 3.56. The van der Waals surface area contributed by atoms with E-state index in [0.717, 1.165) is 50.6 Å². The summed E-state index contributed by atoms with van der Waals surface area (Å²) in [4.78, 5) is 31.0. The molecule has 0 spiro atoms. The summed E-state index contributed by atoms with van der Waals surface area (Å²) in [5.74, 6) is 1.89. The van der Waals surface area contributed by atoms with E-state index in [1.54, 1.807) is 19.2 Å². The molecule has 0 saturated carbocycles. The molecule has 0 fully saturated rings. The Morgan fingerprint density at radius 1 is 0.821 bits per heavy atom. The number of H-pyrrole nitrogens is 2. The van der Waals surface area contributed by atoms with Gasteiger partial charge in [0.25, 0.3) is 5.91 Å². The molecular formula is C30H27N7O2. The molecule has 0 atom stereocenters. The number of ether oxygens (including phenoxy) is 1. The molecule has 0 unspecified atom stereocenters. The minimum Gasteiger partial charge on any atom is -0.497 e. The number of aromatic nitrogens is 4. The van der Waals surface area contributed by atoms with Crippen LogP contribution >= 0.6 is 0 Å². The lowest BCUT2D eigenvalue weighted by molar-refractivity contribution is 0.102. The molecule has 39 heavy (non-hydrogen) atoms. The van der Waals surface area contributed by atoms with Crippen LogP contribution in [0.1, 0.15) is 10.4 Å². The van der Waals surface area contributed by atoms with Gasteiger partial charge in [0.15, 0.2) is 0 Å². The number of fused-ring (bicyclic) bond motifs is 2. The number of nitrogens with zero attached hydrogens (tertiary/aromatic N) is 3. The summed E-state index contributed by atoms with van der Waals surface area (Å²) >= 11 is 0. The van der Waals surface area contributed by atoms with Crippen LogP contribution in [0.3, 0.4) is 0 Å². The van der Waals surface area contributed by atoms with Crippen molar-refractivity contribution >= 4 is 51.0 Å². The molecule has 0 aliphatic carbocycles. The van der Waals surface area contributed by atoms with Crippen LogP contribution in [-0.4, -0.2) is 47.0 Å². The van der Waals surface area contributed by atoms with Gasteiger partial charge in [-0.2, -0.15) is 0 Å². The first-order valence-electron chi connectivity index (χ1n) is 12.4. The van der Waals surface area contributed by atoms with Gasteiger partial charge < -0.3 is 30.2 Å². The molecule has 6 aromatic rings. The number of anilines is 4. The zero-order valence-electron chi connectivity index (χ0n) is 21.7. The van der Waals surface area contributed by atoms with E-state index in [2.05, 4.69) is 42.6 Å². The predicted molar refractivity (Wildman–Crippen MR) is 156 cm³/mol. The highest BCUT2D eigenvalue weighted by atomic mass is 16.5. The Morgan fingerprint density at radius 3 is 2.38 bits per heavy atom. The normalized spacial score (nSPS) is 11.1. The number of rotatable bonds is 7. The molecule has 6 rings (SSSR count). The molecule has 9 nitrogen and oxygen atoms in total. The van der Waals surface area contributed by atoms with E-state index in [1.807, 2.05) is 74.8 Å². The zero-order chi connectivity index (χ0) is 26.9. The van der Waals surface area contributed by atoms with Crippen LogP contribution in [0, 0.1) is 0 Å². The monoisotopic (exact) mass is 517 g/mol. The average molecular weight is 518 g/mol. The topological polar surface area (TPSA) is 111 Å². The molecule has 194 valence electrons. The van der Waals surface area contributed by atoms with Crippen LogP contribution in [-0.2, 0) is 0 Å². The number of carbonyl (C=O) groups is 1. The van der Waals surface area contributed by atoms with Crippen molar-refractivity contribution < 1.29 is 9.53 Å². The predicted octanol–water partition coefficient (Wildman–Crippen LogP) is 6.18. The quantitative estimate of drug-likeness (QED) is 0.201. The van der Waals surface area contributed by atoms with Crippen LogP contribution in [0.15, 0.2) is 84.9 Å². The number of aromatic amines is 2. The molecule has 0 saturated heterocycles. The fraction of sp³-hybridized carbons (Fsp3) is 0.100. The Hall–Kier alpha value is -5.31. The summed E-state index contributed by atoms with van der Waals surface area (Å²) < 4.78 is 5.28. The standard InChI is InChI=1S/C30H27N7O2/c1-37(2)22-11-7-18(8-12-22)28-33-24-13-9-19(15-26(24)34-28)29(38)31-21-10-14-25-27(17-21)36-30(35-25)32-20-5-4-6-23(16-20)39-3/h4-17H,1-3H3,(H,31,38)(H,33,34)(H2,32,35,36). The number of hydrogen-bond acceptors (Lipinski definition) is 6. The van der Waals surface area contributed by atoms with Crippen LogP contribution in [0.5, 0.6) is 5.75 Å². The summed E-state index contributed by atoms with van der Waals surface area (Å²) in [6.07, 6.45) is 0. The van der Waals surface area contributed by atoms with Gasteiger partial charge in [0, 0.05) is 48.4 Å². The van der Waals surface area contributed by atoms with Gasteiger partial charge in [-0.3, -0.25) is 4.79 Å². The fourth-order valence-electron chi connectivity index (χ4n) is 4.38. The van der Waals surface area contributed by atoms with Gasteiger partial charge in [-0.1, -0.05) is 6.07 Å². The number of nitrogens with one attached hydrogen (secondary N) is 4. The molecule has 2 aromatic heterocycles. The third-order valence-electron chi connectivity index (χ3n) is 6.48. The molecular weight excluding hydrogens is 490 g/mol. The number of hydrogen-bond donors (Lipinski definition) is 4. The van der Waals surface area contributed by atoms with E-state index in [9.17, 15) is 4.79 Å². The summed E-state index contributed by atoms with van der Waals surface area (Å²) in [5, 5.41) is 6.22. The van der Waals surface area contributed by atoms with E-state index < -0.39 is 0 Å². The minimum atomic E-state index is -0.221. The molecule has 4 aromatic carbocycles. The first-order chi connectivity index (χ1) is 18.9. The van der Waals surface area contributed by atoms with Crippen molar-refractivity contribution in [2.45, 2.75) is 0 Å². The maximum absolute atomic E-state index is 13.1. The Labute approximate surface area is 224 Å². The van der Waals surface area contributed by atoms with Crippen LogP contribution in [0.25, 0.3) is 33.5 Å². The molecule has 0 aliphatic rings. The van der Waals surface area contributed by atoms with Gasteiger partial charge in [0.05, 0.1) is 29.2 Å². The van der Waals surface area contributed by atoms with E-state index in [1.165, 1.54) is 0 Å². The van der Waals surface area contributed by atoms with Crippen molar-refractivity contribution in [1.82, 2.24) is 19.9 Å². The fourth-order valence-corrected chi connectivity index (χ4v) is 4.38. The van der Waals surface area contributed by atoms with Crippen molar-refractivity contribution in [3.05, 3.63) is 90.5 Å². The van der Waals surface area contributed by atoms with E-state index in [-0.39, 0.29) is 5.91 Å². The highest BCUT2D eigenvalue weighted by Crippen LogP contribution is 2.26. The Bertz CT molecular complexity index is 1800. The summed E-state index contributed by atoms with van der Waals surface area (Å²) in [5.41, 5.74) is 7.29. The molecule has 0 bridgehead atoms. The van der Waals surface area contributed by atoms with Gasteiger partial charge in [0.2, 0.25) is 5.95 Å². The maximum Gasteiger partial charge on any atom is 0.255 e. The zero-order valence-corrected chi connectivity index (χ0v) is 21.7. The highest BCUT2D eigenvalue weighted by Gasteiger charge is 2.12. The third kappa shape index (κ3) is 4.97. The van der Waals surface area contributed by atoms with E-state index in [0.29, 0.717) is 17.2 Å². The Morgan fingerprint density at radius 2 is 1.59 bits per heavy atom. The second kappa shape index (κ2) is 9.86. The SMILES string of the molecule is COc1cccc(Nc2nc3cc(NC(=O)c4ccc5[nH]c(-c6ccc(N(C)C)cc6)nc5c4)ccc3[nH]2)c1. The highest BCUT2D eigenvalue weighted by molar-refractivity contribution is 6.06. The largest absolute Gasteiger partial charge is 0.497 e. The lowest BCUT2D eigenvalue weighted by Gasteiger charge is -2.11. The van der Waals surface area contributed by atoms with Gasteiger partial charge in [-0.05, 0) is 72.8 Å². The Balaban J connectivity index is 1.18. The number of amides is 1. The lowest BCUT2D eigenvalue weighted by atomic mass is 10.2. The molecule has 2 heterocycles. The van der Waals surface area contributed by atoms with Crippen LogP contribution in [0.2, 0.25) is 0 Å². The first kappa shape index (κ1) is 24.1. The van der Waals surface area contributed by atoms with E-state index in [4.69, 9.17) is 9.72 Å². The second-order valence-corrected chi connectivity index (χ2v) is 9.39. The minimum absolute atomic E-state index is 0.221. The van der Waals surface area contributed by atoms with Crippen molar-refractivity contribution in [1.29, 1.82) is 0 Å². The van der Waals surface area contributed by atoms with Crippen molar-refractivity contribution in [2.24, 2.45) is 0 Å². The molecule has 1 amide bonds. The van der Waals surface area contributed by atoms with Crippen molar-refractivity contribution in [2.75, 3.05) is 36.7 Å². The lowest BCUT2D eigenvalue weighted by Crippen LogP contribution is -2.11. The number of carbonyl (C=O) groups excluding carboxylic acids is 1. The smallest absolute Gasteiger partial charge is 0.255 e. The molecule has 0 aliphatic heterocycles. The molecule has 9 heteroatoms. The van der Waals surface area contributed by atoms with Crippen LogP contribution in [0.4, 0.5) is 23.0 Å². The number of benzene rings is 4. The number of imidazole rings is 2. The van der Waals surface area contributed by atoms with Crippen LogP contribution < -0.4 is 20.3 Å². The first-order valence-corrected chi connectivity index (χ1v) is 12.4. The second-order valence-electron chi connectivity index (χ2n) is 9.39. The van der Waals surface area contributed by atoms with Gasteiger partial charge >= 0.3 is 0 Å². The van der Waals surface area contributed by atoms with Gasteiger partial charge in [0.1, 0.15) is 11.6 Å². The summed E-state index contributed by atoms with van der Waals surface area (Å²) in [6, 6.07) is 26.8.